The van der Waals surface area contributed by atoms with E-state index in [0.717, 1.165) is 37.0 Å². The molecule has 1 saturated carbocycles. The average Bonchev–Trinajstić information content (AvgIpc) is 3.32. The Hall–Kier alpha value is -1.62. The van der Waals surface area contributed by atoms with E-state index >= 15 is 0 Å². The predicted octanol–water partition coefficient (Wildman–Crippen LogP) is 1.87. The van der Waals surface area contributed by atoms with Crippen LogP contribution in [0.4, 0.5) is 4.39 Å². The zero-order chi connectivity index (χ0) is 15.9. The van der Waals surface area contributed by atoms with E-state index in [1.807, 2.05) is 12.1 Å². The fourth-order valence-electron chi connectivity index (χ4n) is 2.65. The molecular weight excluding hydrogens is 279 g/mol. The minimum absolute atomic E-state index is 0.191. The van der Waals surface area contributed by atoms with E-state index in [-0.39, 0.29) is 5.82 Å². The highest BCUT2D eigenvalue weighted by atomic mass is 19.1. The Balaban J connectivity index is 1.71. The van der Waals surface area contributed by atoms with Crippen LogP contribution < -0.4 is 10.6 Å². The number of hydrogen-bond acceptors (Lipinski definition) is 2. The van der Waals surface area contributed by atoms with Crippen LogP contribution in [0, 0.1) is 11.7 Å². The van der Waals surface area contributed by atoms with Gasteiger partial charge in [-0.15, -0.1) is 0 Å². The lowest BCUT2D eigenvalue weighted by Gasteiger charge is -2.25. The molecule has 1 aliphatic rings. The second-order valence-corrected chi connectivity index (χ2v) is 6.12. The van der Waals surface area contributed by atoms with Gasteiger partial charge in [0.05, 0.1) is 0 Å². The number of benzene rings is 1. The third-order valence-electron chi connectivity index (χ3n) is 4.15. The van der Waals surface area contributed by atoms with Crippen LogP contribution in [0.25, 0.3) is 0 Å². The fraction of sp³-hybridized carbons (Fsp3) is 0.588. The molecule has 1 atom stereocenters. The van der Waals surface area contributed by atoms with Crippen LogP contribution in [0.2, 0.25) is 0 Å². The maximum atomic E-state index is 12.9. The van der Waals surface area contributed by atoms with Gasteiger partial charge in [0.1, 0.15) is 5.82 Å². The van der Waals surface area contributed by atoms with Gasteiger partial charge in [-0.25, -0.2) is 4.39 Å². The van der Waals surface area contributed by atoms with Crippen molar-refractivity contribution >= 4 is 5.96 Å². The first-order chi connectivity index (χ1) is 10.6. The van der Waals surface area contributed by atoms with Crippen molar-refractivity contribution in [3.8, 4) is 0 Å². The molecular formula is C17H27FN4. The summed E-state index contributed by atoms with van der Waals surface area (Å²) in [4.78, 5) is 6.55. The van der Waals surface area contributed by atoms with Crippen molar-refractivity contribution in [1.29, 1.82) is 0 Å². The number of hydrogen-bond donors (Lipinski definition) is 2. The number of guanidine groups is 1. The van der Waals surface area contributed by atoms with Crippen LogP contribution in [0.3, 0.4) is 0 Å². The van der Waals surface area contributed by atoms with Crippen molar-refractivity contribution < 1.29 is 4.39 Å². The first kappa shape index (κ1) is 16.7. The van der Waals surface area contributed by atoms with Gasteiger partial charge in [-0.3, -0.25) is 4.99 Å². The normalized spacial score (nSPS) is 16.7. The molecule has 0 spiro atoms. The number of likely N-dealkylation sites (N-methyl/N-ethyl adjacent to an activating group) is 1. The summed E-state index contributed by atoms with van der Waals surface area (Å²) in [6.45, 7) is 1.69. The molecule has 5 heteroatoms. The van der Waals surface area contributed by atoms with Gasteiger partial charge >= 0.3 is 0 Å². The molecule has 0 radical (unpaired) electrons. The van der Waals surface area contributed by atoms with Gasteiger partial charge in [-0.1, -0.05) is 12.1 Å². The predicted molar refractivity (Wildman–Crippen MR) is 89.7 cm³/mol. The standard InChI is InChI=1S/C17H27FN4/c1-19-17(21-12-16(22(2)3)14-6-7-14)20-11-10-13-4-8-15(18)9-5-13/h4-5,8-9,14,16H,6-7,10-12H2,1-3H3,(H2,19,20,21). The summed E-state index contributed by atoms with van der Waals surface area (Å²) in [5, 5.41) is 6.72. The number of halogens is 1. The Labute approximate surface area is 132 Å². The molecule has 0 aromatic heterocycles. The van der Waals surface area contributed by atoms with Crippen LogP contribution in [0.15, 0.2) is 29.3 Å². The maximum Gasteiger partial charge on any atom is 0.191 e. The topological polar surface area (TPSA) is 39.7 Å². The molecule has 0 amide bonds. The van der Waals surface area contributed by atoms with E-state index < -0.39 is 0 Å². The average molecular weight is 306 g/mol. The van der Waals surface area contributed by atoms with Crippen LogP contribution in [-0.4, -0.2) is 51.1 Å². The molecule has 2 rings (SSSR count). The minimum atomic E-state index is -0.191. The molecule has 122 valence electrons. The molecule has 0 saturated heterocycles. The molecule has 1 aromatic rings. The van der Waals surface area contributed by atoms with Crippen molar-refractivity contribution in [2.75, 3.05) is 34.2 Å². The second kappa shape index (κ2) is 8.13. The molecule has 22 heavy (non-hydrogen) atoms. The van der Waals surface area contributed by atoms with E-state index in [9.17, 15) is 4.39 Å². The molecule has 1 aromatic carbocycles. The zero-order valence-corrected chi connectivity index (χ0v) is 13.8. The number of aliphatic imine (C=N–C) groups is 1. The van der Waals surface area contributed by atoms with Crippen LogP contribution >= 0.6 is 0 Å². The SMILES string of the molecule is CN=C(NCCc1ccc(F)cc1)NCC(C1CC1)N(C)C. The quantitative estimate of drug-likeness (QED) is 0.597. The van der Waals surface area contributed by atoms with Gasteiger partial charge in [-0.05, 0) is 57.0 Å². The molecule has 0 heterocycles. The Morgan fingerprint density at radius 1 is 1.27 bits per heavy atom. The fourth-order valence-corrected chi connectivity index (χ4v) is 2.65. The van der Waals surface area contributed by atoms with Crippen LogP contribution in [-0.2, 0) is 6.42 Å². The summed E-state index contributed by atoms with van der Waals surface area (Å²) in [7, 11) is 6.06. The van der Waals surface area contributed by atoms with Gasteiger partial charge in [0.25, 0.3) is 0 Å². The van der Waals surface area contributed by atoms with Crippen LogP contribution in [0.1, 0.15) is 18.4 Å². The first-order valence-electron chi connectivity index (χ1n) is 7.95. The van der Waals surface area contributed by atoms with Gasteiger partial charge in [-0.2, -0.15) is 0 Å². The molecule has 1 unspecified atom stereocenters. The monoisotopic (exact) mass is 306 g/mol. The lowest BCUT2D eigenvalue weighted by Crippen LogP contribution is -2.46. The van der Waals surface area contributed by atoms with Gasteiger partial charge in [0, 0.05) is 26.2 Å². The van der Waals surface area contributed by atoms with Gasteiger partial charge in [0.15, 0.2) is 5.96 Å². The molecule has 2 N–H and O–H groups in total. The van der Waals surface area contributed by atoms with Crippen molar-refractivity contribution in [1.82, 2.24) is 15.5 Å². The molecule has 1 aliphatic carbocycles. The summed E-state index contributed by atoms with van der Waals surface area (Å²) in [5.41, 5.74) is 1.12. The Bertz CT molecular complexity index is 478. The lowest BCUT2D eigenvalue weighted by atomic mass is 10.1. The molecule has 4 nitrogen and oxygen atoms in total. The van der Waals surface area contributed by atoms with E-state index in [4.69, 9.17) is 0 Å². The van der Waals surface area contributed by atoms with Crippen molar-refractivity contribution in [2.24, 2.45) is 10.9 Å². The highest BCUT2D eigenvalue weighted by Gasteiger charge is 2.32. The second-order valence-electron chi connectivity index (χ2n) is 6.12. The maximum absolute atomic E-state index is 12.9. The number of rotatable bonds is 7. The summed E-state index contributed by atoms with van der Waals surface area (Å²) < 4.78 is 12.9. The van der Waals surface area contributed by atoms with Crippen molar-refractivity contribution in [3.05, 3.63) is 35.6 Å². The zero-order valence-electron chi connectivity index (χ0n) is 13.8. The summed E-state index contributed by atoms with van der Waals surface area (Å²) in [5.74, 6) is 1.46. The van der Waals surface area contributed by atoms with E-state index in [2.05, 4.69) is 34.6 Å². The summed E-state index contributed by atoms with van der Waals surface area (Å²) >= 11 is 0. The van der Waals surface area contributed by atoms with Crippen molar-refractivity contribution in [2.45, 2.75) is 25.3 Å². The third-order valence-corrected chi connectivity index (χ3v) is 4.15. The number of nitrogens with zero attached hydrogens (tertiary/aromatic N) is 2. The van der Waals surface area contributed by atoms with Gasteiger partial charge < -0.3 is 15.5 Å². The highest BCUT2D eigenvalue weighted by Crippen LogP contribution is 2.34. The van der Waals surface area contributed by atoms with Gasteiger partial charge in [0.2, 0.25) is 0 Å². The van der Waals surface area contributed by atoms with E-state index in [1.165, 1.54) is 25.0 Å². The molecule has 0 bridgehead atoms. The summed E-state index contributed by atoms with van der Waals surface area (Å²) in [6.07, 6.45) is 3.52. The Morgan fingerprint density at radius 3 is 2.50 bits per heavy atom. The first-order valence-corrected chi connectivity index (χ1v) is 7.95. The Morgan fingerprint density at radius 2 is 1.95 bits per heavy atom. The lowest BCUT2D eigenvalue weighted by molar-refractivity contribution is 0.264. The van der Waals surface area contributed by atoms with Crippen LogP contribution in [0.5, 0.6) is 0 Å². The largest absolute Gasteiger partial charge is 0.356 e. The highest BCUT2D eigenvalue weighted by molar-refractivity contribution is 5.79. The smallest absolute Gasteiger partial charge is 0.191 e. The summed E-state index contributed by atoms with van der Waals surface area (Å²) in [6, 6.07) is 7.21. The molecule has 0 aliphatic heterocycles. The van der Waals surface area contributed by atoms with E-state index in [1.54, 1.807) is 7.05 Å². The number of nitrogens with one attached hydrogen (secondary N) is 2. The van der Waals surface area contributed by atoms with E-state index in [0.29, 0.717) is 6.04 Å². The molecule has 1 fully saturated rings. The van der Waals surface area contributed by atoms with Crippen molar-refractivity contribution in [3.63, 3.8) is 0 Å². The Kier molecular flexibility index (Phi) is 6.19. The minimum Gasteiger partial charge on any atom is -0.356 e. The third kappa shape index (κ3) is 5.30.